The van der Waals surface area contributed by atoms with Gasteiger partial charge in [-0.25, -0.2) is 4.79 Å². The molecule has 0 bridgehead atoms. The molecule has 0 N–H and O–H groups in total. The van der Waals surface area contributed by atoms with Gasteiger partial charge in [0.15, 0.2) is 5.60 Å². The highest BCUT2D eigenvalue weighted by atomic mass is 16.7. The number of fused-ring (bicyclic) bond motifs is 2. The van der Waals surface area contributed by atoms with Crippen LogP contribution in [0.2, 0.25) is 0 Å². The van der Waals surface area contributed by atoms with Crippen LogP contribution in [-0.2, 0) is 19.0 Å². The molecule has 0 radical (unpaired) electrons. The molecule has 4 rings (SSSR count). The average Bonchev–Trinajstić information content (AvgIpc) is 3.26. The van der Waals surface area contributed by atoms with Crippen molar-refractivity contribution in [1.29, 1.82) is 0 Å². The van der Waals surface area contributed by atoms with Gasteiger partial charge in [-0.1, -0.05) is 12.8 Å². The Morgan fingerprint density at radius 1 is 1.22 bits per heavy atom. The fraction of sp³-hybridized carbons (Fsp3) is 0.929. The lowest BCUT2D eigenvalue weighted by atomic mass is 9.88. The van der Waals surface area contributed by atoms with Gasteiger partial charge in [0.1, 0.15) is 0 Å². The molecular weight excluding hydrogens is 232 g/mol. The molecule has 2 aliphatic carbocycles. The number of hydrogen-bond acceptors (Lipinski definition) is 4. The number of hydrogen-bond donors (Lipinski definition) is 0. The molecule has 5 atom stereocenters. The van der Waals surface area contributed by atoms with Gasteiger partial charge in [0, 0.05) is 5.92 Å². The summed E-state index contributed by atoms with van der Waals surface area (Å²) in [7, 11) is 0. The number of esters is 1. The van der Waals surface area contributed by atoms with E-state index in [1.54, 1.807) is 0 Å². The lowest BCUT2D eigenvalue weighted by Crippen LogP contribution is -2.34. The van der Waals surface area contributed by atoms with Gasteiger partial charge >= 0.3 is 5.97 Å². The van der Waals surface area contributed by atoms with E-state index in [1.165, 1.54) is 19.3 Å². The third-order valence-corrected chi connectivity index (χ3v) is 5.00. The standard InChI is InChI=1S/C14H20O4/c15-13(14-7-2-1-6-11(14)18-14)16-8-9-4-3-5-10-12(9)17-10/h9-12H,1-8H2. The van der Waals surface area contributed by atoms with Crippen LogP contribution in [0.5, 0.6) is 0 Å². The van der Waals surface area contributed by atoms with E-state index in [4.69, 9.17) is 14.2 Å². The largest absolute Gasteiger partial charge is 0.463 e. The minimum absolute atomic E-state index is 0.116. The third-order valence-electron chi connectivity index (χ3n) is 5.00. The van der Waals surface area contributed by atoms with E-state index in [2.05, 4.69) is 0 Å². The van der Waals surface area contributed by atoms with Crippen molar-refractivity contribution in [3.63, 3.8) is 0 Å². The highest BCUT2D eigenvalue weighted by Crippen LogP contribution is 2.49. The number of carbonyl (C=O) groups excluding carboxylic acids is 1. The molecular formula is C14H20O4. The van der Waals surface area contributed by atoms with Gasteiger partial charge in [-0.15, -0.1) is 0 Å². The summed E-state index contributed by atoms with van der Waals surface area (Å²) in [5, 5.41) is 0. The van der Waals surface area contributed by atoms with Crippen molar-refractivity contribution in [2.75, 3.05) is 6.61 Å². The van der Waals surface area contributed by atoms with Gasteiger partial charge in [-0.3, -0.25) is 0 Å². The first-order valence-corrected chi connectivity index (χ1v) is 7.30. The summed E-state index contributed by atoms with van der Waals surface area (Å²) in [5.41, 5.74) is -0.545. The Morgan fingerprint density at radius 3 is 3.06 bits per heavy atom. The van der Waals surface area contributed by atoms with Crippen LogP contribution >= 0.6 is 0 Å². The van der Waals surface area contributed by atoms with Crippen LogP contribution in [-0.4, -0.2) is 36.5 Å². The third kappa shape index (κ3) is 1.69. The first-order valence-electron chi connectivity index (χ1n) is 7.30. The molecule has 0 aromatic heterocycles. The van der Waals surface area contributed by atoms with Crippen LogP contribution < -0.4 is 0 Å². The van der Waals surface area contributed by atoms with E-state index in [0.717, 1.165) is 25.7 Å². The number of rotatable bonds is 3. The SMILES string of the molecule is O=C(OCC1CCCC2OC12)C12CCCCC1O2. The molecule has 5 unspecified atom stereocenters. The first kappa shape index (κ1) is 11.2. The Morgan fingerprint density at radius 2 is 2.17 bits per heavy atom. The summed E-state index contributed by atoms with van der Waals surface area (Å²) in [4.78, 5) is 12.1. The first-order chi connectivity index (χ1) is 8.79. The summed E-state index contributed by atoms with van der Waals surface area (Å²) >= 11 is 0. The van der Waals surface area contributed by atoms with Crippen LogP contribution in [0.25, 0.3) is 0 Å². The van der Waals surface area contributed by atoms with Crippen molar-refractivity contribution in [2.24, 2.45) is 5.92 Å². The summed E-state index contributed by atoms with van der Waals surface area (Å²) in [5.74, 6) is 0.305. The van der Waals surface area contributed by atoms with Gasteiger partial charge in [-0.05, 0) is 32.1 Å². The van der Waals surface area contributed by atoms with E-state index in [-0.39, 0.29) is 12.1 Å². The maximum atomic E-state index is 12.1. The quantitative estimate of drug-likeness (QED) is 0.568. The number of carbonyl (C=O) groups is 1. The molecule has 2 heterocycles. The van der Waals surface area contributed by atoms with E-state index in [0.29, 0.717) is 24.7 Å². The Kier molecular flexibility index (Phi) is 2.46. The van der Waals surface area contributed by atoms with Crippen molar-refractivity contribution in [3.8, 4) is 0 Å². The predicted octanol–water partition coefficient (Wildman–Crippen LogP) is 1.81. The second-order valence-corrected chi connectivity index (χ2v) is 6.17. The van der Waals surface area contributed by atoms with E-state index in [1.807, 2.05) is 0 Å². The molecule has 0 aromatic carbocycles. The number of epoxide rings is 2. The van der Waals surface area contributed by atoms with E-state index in [9.17, 15) is 4.79 Å². The van der Waals surface area contributed by atoms with Crippen LogP contribution in [0, 0.1) is 5.92 Å². The predicted molar refractivity (Wildman–Crippen MR) is 63.0 cm³/mol. The molecule has 2 saturated carbocycles. The Bertz CT molecular complexity index is 369. The minimum Gasteiger partial charge on any atom is -0.463 e. The van der Waals surface area contributed by atoms with E-state index < -0.39 is 5.60 Å². The fourth-order valence-corrected chi connectivity index (χ4v) is 3.76. The maximum Gasteiger partial charge on any atom is 0.341 e. The average molecular weight is 252 g/mol. The van der Waals surface area contributed by atoms with Gasteiger partial charge in [-0.2, -0.15) is 0 Å². The monoisotopic (exact) mass is 252 g/mol. The summed E-state index contributed by atoms with van der Waals surface area (Å²) in [6.45, 7) is 0.526. The van der Waals surface area contributed by atoms with Crippen LogP contribution in [0.3, 0.4) is 0 Å². The molecule has 4 fully saturated rings. The molecule has 0 spiro atoms. The normalized spacial score (nSPS) is 48.9. The zero-order valence-electron chi connectivity index (χ0n) is 10.6. The molecule has 4 nitrogen and oxygen atoms in total. The summed E-state index contributed by atoms with van der Waals surface area (Å²) in [6, 6.07) is 0. The Balaban J connectivity index is 1.31. The summed E-state index contributed by atoms with van der Waals surface area (Å²) in [6.07, 6.45) is 8.63. The van der Waals surface area contributed by atoms with Crippen molar-refractivity contribution >= 4 is 5.97 Å². The second-order valence-electron chi connectivity index (χ2n) is 6.17. The van der Waals surface area contributed by atoms with Gasteiger partial charge < -0.3 is 14.2 Å². The zero-order valence-corrected chi connectivity index (χ0v) is 10.6. The smallest absolute Gasteiger partial charge is 0.341 e. The Labute approximate surface area is 107 Å². The van der Waals surface area contributed by atoms with Crippen LogP contribution in [0.1, 0.15) is 44.9 Å². The van der Waals surface area contributed by atoms with Crippen molar-refractivity contribution in [1.82, 2.24) is 0 Å². The van der Waals surface area contributed by atoms with E-state index >= 15 is 0 Å². The molecule has 4 aliphatic rings. The summed E-state index contributed by atoms with van der Waals surface area (Å²) < 4.78 is 16.7. The van der Waals surface area contributed by atoms with Gasteiger partial charge in [0.25, 0.3) is 0 Å². The van der Waals surface area contributed by atoms with Crippen molar-refractivity contribution < 1.29 is 19.0 Å². The molecule has 2 saturated heterocycles. The maximum absolute atomic E-state index is 12.1. The lowest BCUT2D eigenvalue weighted by Gasteiger charge is -2.20. The molecule has 0 aromatic rings. The Hall–Kier alpha value is -0.610. The molecule has 4 heteroatoms. The highest BCUT2D eigenvalue weighted by molar-refractivity contribution is 5.83. The molecule has 0 amide bonds. The van der Waals surface area contributed by atoms with Crippen molar-refractivity contribution in [2.45, 2.75) is 68.9 Å². The van der Waals surface area contributed by atoms with Crippen LogP contribution in [0.15, 0.2) is 0 Å². The second kappa shape index (κ2) is 3.94. The van der Waals surface area contributed by atoms with Crippen molar-refractivity contribution in [3.05, 3.63) is 0 Å². The van der Waals surface area contributed by atoms with Gasteiger partial charge in [0.2, 0.25) is 0 Å². The number of ether oxygens (including phenoxy) is 3. The topological polar surface area (TPSA) is 51.4 Å². The molecule has 2 aliphatic heterocycles. The highest BCUT2D eigenvalue weighted by Gasteiger charge is 2.64. The minimum atomic E-state index is -0.545. The van der Waals surface area contributed by atoms with Crippen LogP contribution in [0.4, 0.5) is 0 Å². The fourth-order valence-electron chi connectivity index (χ4n) is 3.76. The molecule has 18 heavy (non-hydrogen) atoms. The zero-order chi connectivity index (χ0) is 12.2. The lowest BCUT2D eigenvalue weighted by molar-refractivity contribution is -0.152. The van der Waals surface area contributed by atoms with Gasteiger partial charge in [0.05, 0.1) is 24.9 Å². The molecule has 100 valence electrons.